The highest BCUT2D eigenvalue weighted by Crippen LogP contribution is 2.29. The van der Waals surface area contributed by atoms with Gasteiger partial charge in [0.1, 0.15) is 0 Å². The van der Waals surface area contributed by atoms with E-state index in [1.165, 1.54) is 45.6 Å². The SMILES string of the molecule is CC(C)C1=C(C(C)C)CN(C)C1.CC(C)C1=C(C(C)C)CN(C)CC1.CC(C)C1=C(C(C)C)CNC1.CC(C)C1=C(C(C)C)CNCC1. The summed E-state index contributed by atoms with van der Waals surface area (Å²) in [5, 5.41) is 6.85. The van der Waals surface area contributed by atoms with Gasteiger partial charge in [0, 0.05) is 45.8 Å². The Bertz CT molecular complexity index is 1020. The second-order valence-electron chi connectivity index (χ2n) is 17.6. The number of nitrogens with one attached hydrogen (secondary N) is 2. The molecule has 0 bridgehead atoms. The first kappa shape index (κ1) is 44.8. The van der Waals surface area contributed by atoms with Crippen molar-refractivity contribution in [3.8, 4) is 0 Å². The molecule has 0 aromatic rings. The zero-order valence-electron chi connectivity index (χ0n) is 35.6. The summed E-state index contributed by atoms with van der Waals surface area (Å²) >= 11 is 0. The Kier molecular flexibility index (Phi) is 20.4. The van der Waals surface area contributed by atoms with E-state index >= 15 is 0 Å². The quantitative estimate of drug-likeness (QED) is 0.252. The Morgan fingerprint density at radius 2 is 0.646 bits per heavy atom. The predicted molar refractivity (Wildman–Crippen MR) is 217 cm³/mol. The molecule has 4 heteroatoms. The van der Waals surface area contributed by atoms with Gasteiger partial charge in [0.05, 0.1) is 0 Å². The minimum atomic E-state index is 0.718. The Hall–Kier alpha value is -1.20. The topological polar surface area (TPSA) is 30.5 Å². The van der Waals surface area contributed by atoms with E-state index in [-0.39, 0.29) is 0 Å². The molecule has 0 aliphatic carbocycles. The zero-order valence-corrected chi connectivity index (χ0v) is 35.6. The standard InChI is InChI=1S/C12H23N.2C11H21N.C10H19N/c1-9(2)11-6-7-13(5)8-12(11)10(3)4;1-8(2)10-6-12(5)7-11(10)9(3)4;1-8(2)10-5-6-12-7-11(10)9(3)4;1-7(2)9-5-11-6-10(9)8(3)4/h9-10H,6-8H2,1-5H3;8-9H,6-7H2,1-5H3;8-9,12H,5-7H2,1-4H3;7-8,11H,5-6H2,1-4H3. The third-order valence-corrected chi connectivity index (χ3v) is 10.8. The molecule has 4 aliphatic rings. The molecule has 0 aromatic heterocycles. The van der Waals surface area contributed by atoms with E-state index < -0.39 is 0 Å². The molecule has 0 amide bonds. The molecule has 2 N–H and O–H groups in total. The lowest BCUT2D eigenvalue weighted by molar-refractivity contribution is 0.325. The molecule has 0 atom stereocenters. The van der Waals surface area contributed by atoms with E-state index in [4.69, 9.17) is 0 Å². The van der Waals surface area contributed by atoms with E-state index in [9.17, 15) is 0 Å². The maximum atomic E-state index is 3.44. The van der Waals surface area contributed by atoms with Gasteiger partial charge in [0.15, 0.2) is 0 Å². The largest absolute Gasteiger partial charge is 0.313 e. The van der Waals surface area contributed by atoms with Gasteiger partial charge in [-0.2, -0.15) is 0 Å². The molecule has 4 aliphatic heterocycles. The summed E-state index contributed by atoms with van der Waals surface area (Å²) in [6.07, 6.45) is 2.53. The third kappa shape index (κ3) is 14.6. The Morgan fingerprint density at radius 1 is 0.354 bits per heavy atom. The highest BCUT2D eigenvalue weighted by atomic mass is 15.1. The van der Waals surface area contributed by atoms with Crippen LogP contribution in [0.15, 0.2) is 44.6 Å². The van der Waals surface area contributed by atoms with Gasteiger partial charge in [0.2, 0.25) is 0 Å². The number of hydrogen-bond donors (Lipinski definition) is 2. The van der Waals surface area contributed by atoms with Gasteiger partial charge in [-0.05, 0) is 80.8 Å². The molecular formula is C44H84N4. The maximum Gasteiger partial charge on any atom is 0.0199 e. The fourth-order valence-electron chi connectivity index (χ4n) is 7.77. The molecule has 0 aromatic carbocycles. The molecule has 0 spiro atoms. The normalized spacial score (nSPS) is 19.9. The molecule has 0 fully saturated rings. The highest BCUT2D eigenvalue weighted by molar-refractivity contribution is 5.27. The molecule has 48 heavy (non-hydrogen) atoms. The van der Waals surface area contributed by atoms with Crippen molar-refractivity contribution in [1.82, 2.24) is 20.4 Å². The summed E-state index contributed by atoms with van der Waals surface area (Å²) in [6, 6.07) is 0. The van der Waals surface area contributed by atoms with Gasteiger partial charge in [-0.25, -0.2) is 0 Å². The summed E-state index contributed by atoms with van der Waals surface area (Å²) in [7, 11) is 4.43. The summed E-state index contributed by atoms with van der Waals surface area (Å²) in [4.78, 5) is 4.84. The predicted octanol–water partition coefficient (Wildman–Crippen LogP) is 10.3. The Labute approximate surface area is 301 Å². The first-order valence-electron chi connectivity index (χ1n) is 19.9. The minimum Gasteiger partial charge on any atom is -0.313 e. The van der Waals surface area contributed by atoms with Crippen LogP contribution in [-0.4, -0.2) is 76.3 Å². The smallest absolute Gasteiger partial charge is 0.0199 e. The van der Waals surface area contributed by atoms with E-state index in [0.717, 1.165) is 67.0 Å². The Morgan fingerprint density at radius 3 is 1.00 bits per heavy atom. The molecule has 0 radical (unpaired) electrons. The third-order valence-electron chi connectivity index (χ3n) is 10.8. The minimum absolute atomic E-state index is 0.718. The van der Waals surface area contributed by atoms with Crippen LogP contribution in [0.3, 0.4) is 0 Å². The average Bonchev–Trinajstić information content (AvgIpc) is 3.66. The molecule has 0 saturated heterocycles. The van der Waals surface area contributed by atoms with Crippen LogP contribution in [0.25, 0.3) is 0 Å². The van der Waals surface area contributed by atoms with Crippen molar-refractivity contribution >= 4 is 0 Å². The molecule has 0 unspecified atom stereocenters. The lowest BCUT2D eigenvalue weighted by Gasteiger charge is -2.31. The van der Waals surface area contributed by atoms with Crippen LogP contribution in [0.5, 0.6) is 0 Å². The summed E-state index contributed by atoms with van der Waals surface area (Å²) in [5.74, 6) is 5.83. The summed E-state index contributed by atoms with van der Waals surface area (Å²) in [6.45, 7) is 46.1. The number of likely N-dealkylation sites (N-methyl/N-ethyl adjacent to an activating group) is 2. The van der Waals surface area contributed by atoms with E-state index in [0.29, 0.717) is 0 Å². The van der Waals surface area contributed by atoms with Crippen LogP contribution in [-0.2, 0) is 0 Å². The summed E-state index contributed by atoms with van der Waals surface area (Å²) < 4.78 is 0. The van der Waals surface area contributed by atoms with Crippen molar-refractivity contribution in [1.29, 1.82) is 0 Å². The van der Waals surface area contributed by atoms with Crippen LogP contribution in [0, 0.1) is 47.3 Å². The van der Waals surface area contributed by atoms with Crippen molar-refractivity contribution < 1.29 is 0 Å². The second kappa shape index (κ2) is 21.9. The van der Waals surface area contributed by atoms with Crippen LogP contribution < -0.4 is 10.6 Å². The van der Waals surface area contributed by atoms with Gasteiger partial charge < -0.3 is 15.5 Å². The second-order valence-corrected chi connectivity index (χ2v) is 17.6. The van der Waals surface area contributed by atoms with Crippen LogP contribution >= 0.6 is 0 Å². The van der Waals surface area contributed by atoms with E-state index in [2.05, 4.69) is 145 Å². The maximum absolute atomic E-state index is 3.44. The first-order valence-corrected chi connectivity index (χ1v) is 19.9. The van der Waals surface area contributed by atoms with Crippen molar-refractivity contribution in [2.45, 2.75) is 124 Å². The van der Waals surface area contributed by atoms with Gasteiger partial charge in [-0.15, -0.1) is 0 Å². The summed E-state index contributed by atoms with van der Waals surface area (Å²) in [5.41, 5.74) is 13.4. The highest BCUT2D eigenvalue weighted by Gasteiger charge is 2.23. The molecule has 280 valence electrons. The van der Waals surface area contributed by atoms with Crippen LogP contribution in [0.1, 0.15) is 124 Å². The van der Waals surface area contributed by atoms with Crippen LogP contribution in [0.2, 0.25) is 0 Å². The van der Waals surface area contributed by atoms with Crippen molar-refractivity contribution in [3.63, 3.8) is 0 Å². The average molecular weight is 669 g/mol. The van der Waals surface area contributed by atoms with Crippen LogP contribution in [0.4, 0.5) is 0 Å². The van der Waals surface area contributed by atoms with Gasteiger partial charge in [-0.1, -0.05) is 155 Å². The first-order chi connectivity index (χ1) is 22.3. The Balaban J connectivity index is 0.000000320. The molecule has 0 saturated carbocycles. The number of hydrogen-bond acceptors (Lipinski definition) is 4. The lowest BCUT2D eigenvalue weighted by Crippen LogP contribution is -2.30. The molecule has 4 nitrogen and oxygen atoms in total. The molecular weight excluding hydrogens is 585 g/mol. The van der Waals surface area contributed by atoms with Crippen molar-refractivity contribution in [2.75, 3.05) is 66.5 Å². The fraction of sp³-hybridized carbons (Fsp3) is 0.818. The number of nitrogens with zero attached hydrogens (tertiary/aromatic N) is 2. The molecule has 4 rings (SSSR count). The molecule has 4 heterocycles. The van der Waals surface area contributed by atoms with Gasteiger partial charge in [0.25, 0.3) is 0 Å². The van der Waals surface area contributed by atoms with E-state index in [1.54, 1.807) is 44.6 Å². The van der Waals surface area contributed by atoms with Gasteiger partial charge >= 0.3 is 0 Å². The van der Waals surface area contributed by atoms with Crippen molar-refractivity contribution in [2.24, 2.45) is 47.3 Å². The monoisotopic (exact) mass is 669 g/mol. The lowest BCUT2D eigenvalue weighted by atomic mass is 9.86. The zero-order chi connectivity index (χ0) is 36.9. The van der Waals surface area contributed by atoms with E-state index in [1.807, 2.05) is 0 Å². The fourth-order valence-corrected chi connectivity index (χ4v) is 7.77. The number of rotatable bonds is 8. The van der Waals surface area contributed by atoms with Gasteiger partial charge in [-0.3, -0.25) is 4.90 Å². The van der Waals surface area contributed by atoms with Crippen molar-refractivity contribution in [3.05, 3.63) is 44.6 Å².